The van der Waals surface area contributed by atoms with E-state index in [4.69, 9.17) is 4.74 Å². The highest BCUT2D eigenvalue weighted by Gasteiger charge is 2.15. The second-order valence-electron chi connectivity index (χ2n) is 10.2. The molecule has 4 nitrogen and oxygen atoms in total. The minimum absolute atomic E-state index is 0.0755. The number of halogens is 1. The molecule has 0 atom stereocenters. The zero-order valence-corrected chi connectivity index (χ0v) is 20.4. The Kier molecular flexibility index (Phi) is 7.21. The van der Waals surface area contributed by atoms with Crippen LogP contribution < -0.4 is 9.47 Å². The Hall–Kier alpha value is -3.21. The van der Waals surface area contributed by atoms with Crippen molar-refractivity contribution in [2.75, 3.05) is 13.3 Å². The van der Waals surface area contributed by atoms with Crippen molar-refractivity contribution in [3.05, 3.63) is 83.3 Å². The van der Waals surface area contributed by atoms with Crippen LogP contribution in [0.1, 0.15) is 52.7 Å². The molecule has 33 heavy (non-hydrogen) atoms. The van der Waals surface area contributed by atoms with Gasteiger partial charge < -0.3 is 9.94 Å². The maximum atomic E-state index is 12.1. The molecule has 0 bridgehead atoms. The van der Waals surface area contributed by atoms with Gasteiger partial charge in [0.25, 0.3) is 0 Å². The number of nitrogens with zero attached hydrogens (tertiary/aromatic N) is 2. The molecule has 0 aliphatic carbocycles. The average molecular weight is 449 g/mol. The molecule has 0 spiro atoms. The molecule has 174 valence electrons. The minimum atomic E-state index is -0.486. The molecule has 0 saturated carbocycles. The van der Waals surface area contributed by atoms with E-state index in [-0.39, 0.29) is 17.4 Å². The number of fused-ring (bicyclic) bond motifs is 2. The Labute approximate surface area is 195 Å². The summed E-state index contributed by atoms with van der Waals surface area (Å²) in [4.78, 5) is 4.31. The fraction of sp³-hybridized carbons (Fsp3) is 0.357. The number of pyridine rings is 2. The summed E-state index contributed by atoms with van der Waals surface area (Å²) in [5.41, 5.74) is 4.38. The Bertz CT molecular complexity index is 1240. The van der Waals surface area contributed by atoms with E-state index in [1.54, 1.807) is 12.3 Å². The number of rotatable bonds is 3. The number of aromatic nitrogens is 2. The molecule has 0 unspecified atom stereocenters. The summed E-state index contributed by atoms with van der Waals surface area (Å²) in [6, 6.07) is 17.9. The largest absolute Gasteiger partial charge is 0.618 e. The van der Waals surface area contributed by atoms with E-state index in [1.165, 1.54) is 17.3 Å². The SMILES string of the molecule is CC(C)(C)c1ccc2c(ccc[n+]2[O-])c1.CC(C)(C)c1ccc2ncc(OCCF)cc2c1. The van der Waals surface area contributed by atoms with Crippen LogP contribution in [0.2, 0.25) is 0 Å². The van der Waals surface area contributed by atoms with Crippen molar-refractivity contribution in [1.29, 1.82) is 0 Å². The predicted octanol–water partition coefficient (Wildman–Crippen LogP) is 6.65. The van der Waals surface area contributed by atoms with E-state index >= 15 is 0 Å². The van der Waals surface area contributed by atoms with Gasteiger partial charge in [-0.1, -0.05) is 53.7 Å². The van der Waals surface area contributed by atoms with Crippen molar-refractivity contribution in [2.24, 2.45) is 0 Å². The maximum Gasteiger partial charge on any atom is 0.223 e. The summed E-state index contributed by atoms with van der Waals surface area (Å²) in [6.07, 6.45) is 3.16. The van der Waals surface area contributed by atoms with E-state index in [1.807, 2.05) is 30.3 Å². The molecule has 0 fully saturated rings. The van der Waals surface area contributed by atoms with Crippen LogP contribution in [0.25, 0.3) is 21.8 Å². The van der Waals surface area contributed by atoms with Gasteiger partial charge in [0.05, 0.1) is 11.7 Å². The summed E-state index contributed by atoms with van der Waals surface area (Å²) in [6.45, 7) is 12.6. The van der Waals surface area contributed by atoms with Gasteiger partial charge in [-0.3, -0.25) is 4.98 Å². The average Bonchev–Trinajstić information content (AvgIpc) is 2.76. The van der Waals surface area contributed by atoms with Gasteiger partial charge in [-0.15, -0.1) is 0 Å². The molecule has 0 aliphatic rings. The van der Waals surface area contributed by atoms with Gasteiger partial charge in [-0.25, -0.2) is 4.39 Å². The van der Waals surface area contributed by atoms with Crippen molar-refractivity contribution in [1.82, 2.24) is 4.98 Å². The fourth-order valence-corrected chi connectivity index (χ4v) is 3.47. The van der Waals surface area contributed by atoms with Crippen LogP contribution in [0.5, 0.6) is 5.75 Å². The highest BCUT2D eigenvalue weighted by molar-refractivity contribution is 5.80. The summed E-state index contributed by atoms with van der Waals surface area (Å²) in [7, 11) is 0. The highest BCUT2D eigenvalue weighted by Crippen LogP contribution is 2.27. The predicted molar refractivity (Wildman–Crippen MR) is 134 cm³/mol. The quantitative estimate of drug-likeness (QED) is 0.260. The van der Waals surface area contributed by atoms with Crippen LogP contribution in [0.4, 0.5) is 4.39 Å². The second-order valence-corrected chi connectivity index (χ2v) is 10.2. The molecule has 4 aromatic rings. The number of benzene rings is 2. The second kappa shape index (κ2) is 9.74. The molecule has 2 aromatic heterocycles. The molecular formula is C28H33FN2O2. The molecule has 0 N–H and O–H groups in total. The lowest BCUT2D eigenvalue weighted by atomic mass is 9.86. The molecule has 4 rings (SSSR count). The monoisotopic (exact) mass is 448 g/mol. The van der Waals surface area contributed by atoms with Crippen LogP contribution >= 0.6 is 0 Å². The fourth-order valence-electron chi connectivity index (χ4n) is 3.47. The Balaban J connectivity index is 0.000000189. The van der Waals surface area contributed by atoms with Crippen LogP contribution in [-0.4, -0.2) is 18.3 Å². The molecule has 0 amide bonds. The molecular weight excluding hydrogens is 415 g/mol. The zero-order chi connectivity index (χ0) is 24.2. The Morgan fingerprint density at radius 2 is 1.52 bits per heavy atom. The number of hydrogen-bond donors (Lipinski definition) is 0. The lowest BCUT2D eigenvalue weighted by Crippen LogP contribution is -2.26. The third-order valence-corrected chi connectivity index (χ3v) is 5.50. The van der Waals surface area contributed by atoms with Gasteiger partial charge in [0, 0.05) is 22.9 Å². The molecule has 2 aromatic carbocycles. The van der Waals surface area contributed by atoms with Gasteiger partial charge in [-0.2, -0.15) is 4.73 Å². The standard InChI is InChI=1S/C15H18FNO.C13H15NO/c1-15(2,3)12-4-5-14-11(8-12)9-13(10-17-14)18-7-6-16;1-13(2,3)11-6-7-12-10(9-11)5-4-8-14(12)15/h4-5,8-10H,6-7H2,1-3H3;4-9H,1-3H3. The first-order valence-electron chi connectivity index (χ1n) is 11.2. The first kappa shape index (κ1) is 24.4. The Morgan fingerprint density at radius 1 is 0.879 bits per heavy atom. The molecule has 5 heteroatoms. The van der Waals surface area contributed by atoms with E-state index in [2.05, 4.69) is 64.7 Å². The van der Waals surface area contributed by atoms with Crippen LogP contribution in [0, 0.1) is 5.21 Å². The van der Waals surface area contributed by atoms with Crippen molar-refractivity contribution >= 4 is 21.8 Å². The van der Waals surface area contributed by atoms with Crippen LogP contribution in [0.3, 0.4) is 0 Å². The summed E-state index contributed by atoms with van der Waals surface area (Å²) < 4.78 is 18.2. The number of hydrogen-bond acceptors (Lipinski definition) is 3. The van der Waals surface area contributed by atoms with Crippen molar-refractivity contribution < 1.29 is 13.9 Å². The van der Waals surface area contributed by atoms with Crippen LogP contribution in [0.15, 0.2) is 67.0 Å². The Morgan fingerprint density at radius 3 is 2.15 bits per heavy atom. The van der Waals surface area contributed by atoms with E-state index in [0.29, 0.717) is 5.75 Å². The molecule has 0 aliphatic heterocycles. The first-order valence-corrected chi connectivity index (χ1v) is 11.2. The minimum Gasteiger partial charge on any atom is -0.618 e. The third kappa shape index (κ3) is 6.19. The zero-order valence-electron chi connectivity index (χ0n) is 20.4. The van der Waals surface area contributed by atoms with Gasteiger partial charge >= 0.3 is 0 Å². The lowest BCUT2D eigenvalue weighted by molar-refractivity contribution is -0.577. The lowest BCUT2D eigenvalue weighted by Gasteiger charge is -2.19. The molecule has 0 radical (unpaired) electrons. The van der Waals surface area contributed by atoms with Gasteiger partial charge in [0.1, 0.15) is 19.0 Å². The first-order chi connectivity index (χ1) is 15.5. The normalized spacial score (nSPS) is 11.8. The van der Waals surface area contributed by atoms with E-state index < -0.39 is 6.67 Å². The molecule has 2 heterocycles. The smallest absolute Gasteiger partial charge is 0.223 e. The van der Waals surface area contributed by atoms with Crippen LogP contribution in [-0.2, 0) is 10.8 Å². The summed E-state index contributed by atoms with van der Waals surface area (Å²) >= 11 is 0. The van der Waals surface area contributed by atoms with Crippen molar-refractivity contribution in [2.45, 2.75) is 52.4 Å². The summed E-state index contributed by atoms with van der Waals surface area (Å²) in [5, 5.41) is 13.5. The maximum absolute atomic E-state index is 12.1. The van der Waals surface area contributed by atoms with E-state index in [9.17, 15) is 9.60 Å². The van der Waals surface area contributed by atoms with Crippen molar-refractivity contribution in [3.8, 4) is 5.75 Å². The number of ether oxygens (including phenoxy) is 1. The summed E-state index contributed by atoms with van der Waals surface area (Å²) in [5.74, 6) is 0.617. The highest BCUT2D eigenvalue weighted by atomic mass is 19.1. The van der Waals surface area contributed by atoms with Gasteiger partial charge in [0.15, 0.2) is 6.20 Å². The van der Waals surface area contributed by atoms with E-state index in [0.717, 1.165) is 26.5 Å². The van der Waals surface area contributed by atoms with Gasteiger partial charge in [-0.05, 0) is 52.3 Å². The topological polar surface area (TPSA) is 49.1 Å². The van der Waals surface area contributed by atoms with Gasteiger partial charge in [0.2, 0.25) is 5.52 Å². The third-order valence-electron chi connectivity index (χ3n) is 5.50. The number of alkyl halides is 1. The molecule has 0 saturated heterocycles. The van der Waals surface area contributed by atoms with Crippen molar-refractivity contribution in [3.63, 3.8) is 0 Å².